The topological polar surface area (TPSA) is 47.6 Å². The molecule has 0 saturated heterocycles. The van der Waals surface area contributed by atoms with Crippen LogP contribution in [0, 0.1) is 5.92 Å². The van der Waals surface area contributed by atoms with E-state index in [1.807, 2.05) is 18.2 Å². The molecule has 3 nitrogen and oxygen atoms in total. The molecule has 0 bridgehead atoms. The van der Waals surface area contributed by atoms with Gasteiger partial charge < -0.3 is 10.5 Å². The van der Waals surface area contributed by atoms with Crippen molar-refractivity contribution in [2.45, 2.75) is 19.3 Å². The normalized spacial score (nSPS) is 16.2. The van der Waals surface area contributed by atoms with E-state index in [-0.39, 0.29) is 0 Å². The lowest BCUT2D eigenvalue weighted by Crippen LogP contribution is -2.14. The Hall–Kier alpha value is -1.51. The van der Waals surface area contributed by atoms with Gasteiger partial charge in [0.25, 0.3) is 0 Å². The SMILES string of the molecule is COc1cccc(CCN=C(N)C2CC2)c1. The van der Waals surface area contributed by atoms with Gasteiger partial charge in [-0.3, -0.25) is 4.99 Å². The van der Waals surface area contributed by atoms with Gasteiger partial charge in [-0.25, -0.2) is 0 Å². The van der Waals surface area contributed by atoms with Gasteiger partial charge in [-0.05, 0) is 37.0 Å². The van der Waals surface area contributed by atoms with Crippen molar-refractivity contribution in [2.24, 2.45) is 16.6 Å². The number of nitrogens with zero attached hydrogens (tertiary/aromatic N) is 1. The number of nitrogens with two attached hydrogens (primary N) is 1. The molecule has 0 atom stereocenters. The molecule has 86 valence electrons. The molecule has 0 spiro atoms. The molecule has 1 fully saturated rings. The summed E-state index contributed by atoms with van der Waals surface area (Å²) >= 11 is 0. The standard InChI is InChI=1S/C13H18N2O/c1-16-12-4-2-3-10(9-12)7-8-15-13(14)11-5-6-11/h2-4,9,11H,5-8H2,1H3,(H2,14,15). The summed E-state index contributed by atoms with van der Waals surface area (Å²) in [5.41, 5.74) is 7.07. The minimum absolute atomic E-state index is 0.574. The van der Waals surface area contributed by atoms with Crippen LogP contribution in [0.4, 0.5) is 0 Å². The Labute approximate surface area is 96.3 Å². The third-order valence-electron chi connectivity index (χ3n) is 2.82. The van der Waals surface area contributed by atoms with Crippen LogP contribution in [0.15, 0.2) is 29.3 Å². The lowest BCUT2D eigenvalue weighted by Gasteiger charge is -2.03. The summed E-state index contributed by atoms with van der Waals surface area (Å²) in [6.07, 6.45) is 3.35. The van der Waals surface area contributed by atoms with Crippen LogP contribution in [0.2, 0.25) is 0 Å². The minimum Gasteiger partial charge on any atom is -0.497 e. The van der Waals surface area contributed by atoms with Crippen molar-refractivity contribution in [1.82, 2.24) is 0 Å². The highest BCUT2D eigenvalue weighted by molar-refractivity contribution is 5.84. The molecular weight excluding hydrogens is 200 g/mol. The van der Waals surface area contributed by atoms with Gasteiger partial charge in [0.2, 0.25) is 0 Å². The molecule has 0 amide bonds. The van der Waals surface area contributed by atoms with Gasteiger partial charge in [0.1, 0.15) is 5.75 Å². The molecular formula is C13H18N2O. The van der Waals surface area contributed by atoms with Crippen LogP contribution in [0.3, 0.4) is 0 Å². The molecule has 1 saturated carbocycles. The van der Waals surface area contributed by atoms with E-state index in [9.17, 15) is 0 Å². The highest BCUT2D eigenvalue weighted by atomic mass is 16.5. The van der Waals surface area contributed by atoms with E-state index in [0.29, 0.717) is 5.92 Å². The van der Waals surface area contributed by atoms with Crippen LogP contribution in [-0.2, 0) is 6.42 Å². The third kappa shape index (κ3) is 2.99. The van der Waals surface area contributed by atoms with Crippen LogP contribution >= 0.6 is 0 Å². The first-order valence-electron chi connectivity index (χ1n) is 5.72. The molecule has 3 heteroatoms. The lowest BCUT2D eigenvalue weighted by atomic mass is 10.1. The molecule has 0 heterocycles. The van der Waals surface area contributed by atoms with Crippen molar-refractivity contribution in [3.8, 4) is 5.75 Å². The Kier molecular flexibility index (Phi) is 3.44. The maximum atomic E-state index is 5.82. The molecule has 1 aliphatic carbocycles. The van der Waals surface area contributed by atoms with Gasteiger partial charge in [-0.1, -0.05) is 12.1 Å². The highest BCUT2D eigenvalue weighted by Gasteiger charge is 2.24. The van der Waals surface area contributed by atoms with Crippen LogP contribution in [0.1, 0.15) is 18.4 Å². The number of rotatable bonds is 5. The average Bonchev–Trinajstić information content (AvgIpc) is 3.13. The number of hydrogen-bond acceptors (Lipinski definition) is 2. The van der Waals surface area contributed by atoms with Gasteiger partial charge in [0.05, 0.1) is 12.9 Å². The number of benzene rings is 1. The second-order valence-corrected chi connectivity index (χ2v) is 4.18. The van der Waals surface area contributed by atoms with Crippen LogP contribution in [-0.4, -0.2) is 19.5 Å². The predicted octanol–water partition coefficient (Wildman–Crippen LogP) is 2.00. The number of ether oxygens (including phenoxy) is 1. The fourth-order valence-electron chi connectivity index (χ4n) is 1.65. The fourth-order valence-corrected chi connectivity index (χ4v) is 1.65. The second kappa shape index (κ2) is 5.01. The first kappa shape index (κ1) is 11.0. The largest absolute Gasteiger partial charge is 0.497 e. The zero-order valence-corrected chi connectivity index (χ0v) is 9.65. The van der Waals surface area contributed by atoms with Crippen LogP contribution in [0.5, 0.6) is 5.75 Å². The van der Waals surface area contributed by atoms with Gasteiger partial charge in [-0.2, -0.15) is 0 Å². The third-order valence-corrected chi connectivity index (χ3v) is 2.82. The van der Waals surface area contributed by atoms with E-state index in [0.717, 1.165) is 24.6 Å². The Morgan fingerprint density at radius 3 is 3.00 bits per heavy atom. The quantitative estimate of drug-likeness (QED) is 0.607. The first-order valence-corrected chi connectivity index (χ1v) is 5.72. The summed E-state index contributed by atoms with van der Waals surface area (Å²) in [6.45, 7) is 0.773. The molecule has 0 unspecified atom stereocenters. The molecule has 2 N–H and O–H groups in total. The van der Waals surface area contributed by atoms with Gasteiger partial charge in [0.15, 0.2) is 0 Å². The van der Waals surface area contributed by atoms with Crippen molar-refractivity contribution >= 4 is 5.84 Å². The fraction of sp³-hybridized carbons (Fsp3) is 0.462. The second-order valence-electron chi connectivity index (χ2n) is 4.18. The zero-order chi connectivity index (χ0) is 11.4. The Morgan fingerprint density at radius 2 is 2.31 bits per heavy atom. The Morgan fingerprint density at radius 1 is 1.50 bits per heavy atom. The lowest BCUT2D eigenvalue weighted by molar-refractivity contribution is 0.414. The first-order chi connectivity index (χ1) is 7.79. The maximum Gasteiger partial charge on any atom is 0.119 e. The molecule has 1 aromatic rings. The van der Waals surface area contributed by atoms with E-state index in [2.05, 4.69) is 11.1 Å². The molecule has 0 radical (unpaired) electrons. The van der Waals surface area contributed by atoms with Crippen molar-refractivity contribution in [1.29, 1.82) is 0 Å². The summed E-state index contributed by atoms with van der Waals surface area (Å²) < 4.78 is 5.17. The molecule has 1 aromatic carbocycles. The van der Waals surface area contributed by atoms with Crippen molar-refractivity contribution < 1.29 is 4.74 Å². The molecule has 0 aromatic heterocycles. The van der Waals surface area contributed by atoms with Crippen LogP contribution < -0.4 is 10.5 Å². The number of amidine groups is 1. The Bertz CT molecular complexity index is 383. The predicted molar refractivity (Wildman–Crippen MR) is 65.9 cm³/mol. The van der Waals surface area contributed by atoms with Crippen molar-refractivity contribution in [3.63, 3.8) is 0 Å². The molecule has 16 heavy (non-hydrogen) atoms. The summed E-state index contributed by atoms with van der Waals surface area (Å²) in [6, 6.07) is 8.08. The molecule has 1 aliphatic rings. The molecule has 0 aliphatic heterocycles. The summed E-state index contributed by atoms with van der Waals surface area (Å²) in [7, 11) is 1.68. The van der Waals surface area contributed by atoms with Crippen LogP contribution in [0.25, 0.3) is 0 Å². The summed E-state index contributed by atoms with van der Waals surface area (Å²) in [5, 5.41) is 0. The molecule has 2 rings (SSSR count). The van der Waals surface area contributed by atoms with Crippen molar-refractivity contribution in [2.75, 3.05) is 13.7 Å². The maximum absolute atomic E-state index is 5.82. The van der Waals surface area contributed by atoms with E-state index in [1.165, 1.54) is 18.4 Å². The van der Waals surface area contributed by atoms with Gasteiger partial charge in [0, 0.05) is 12.5 Å². The highest BCUT2D eigenvalue weighted by Crippen LogP contribution is 2.28. The number of methoxy groups -OCH3 is 1. The van der Waals surface area contributed by atoms with Gasteiger partial charge >= 0.3 is 0 Å². The summed E-state index contributed by atoms with van der Waals surface area (Å²) in [4.78, 5) is 4.39. The van der Waals surface area contributed by atoms with E-state index < -0.39 is 0 Å². The monoisotopic (exact) mass is 218 g/mol. The number of aliphatic imine (C=N–C) groups is 1. The smallest absolute Gasteiger partial charge is 0.119 e. The van der Waals surface area contributed by atoms with E-state index in [4.69, 9.17) is 10.5 Å². The van der Waals surface area contributed by atoms with Crippen molar-refractivity contribution in [3.05, 3.63) is 29.8 Å². The average molecular weight is 218 g/mol. The number of hydrogen-bond donors (Lipinski definition) is 1. The van der Waals surface area contributed by atoms with E-state index in [1.54, 1.807) is 7.11 Å². The Balaban J connectivity index is 1.86. The minimum atomic E-state index is 0.574. The summed E-state index contributed by atoms with van der Waals surface area (Å²) in [5.74, 6) is 2.31. The van der Waals surface area contributed by atoms with E-state index >= 15 is 0 Å². The zero-order valence-electron chi connectivity index (χ0n) is 9.65. The van der Waals surface area contributed by atoms with Gasteiger partial charge in [-0.15, -0.1) is 0 Å².